The number of rotatable bonds is 7. The van der Waals surface area contributed by atoms with Crippen LogP contribution in [0.3, 0.4) is 0 Å². The molecule has 0 aliphatic heterocycles. The van der Waals surface area contributed by atoms with Crippen molar-refractivity contribution in [1.29, 1.82) is 5.26 Å². The van der Waals surface area contributed by atoms with Crippen molar-refractivity contribution >= 4 is 29.9 Å². The molecule has 3 heterocycles. The van der Waals surface area contributed by atoms with Crippen molar-refractivity contribution in [3.8, 4) is 17.5 Å². The van der Waals surface area contributed by atoms with E-state index in [2.05, 4.69) is 39.1 Å². The molecule has 1 amide bonds. The quantitative estimate of drug-likeness (QED) is 0.409. The first-order valence-corrected chi connectivity index (χ1v) is 10.4. The number of pyridine rings is 1. The molecule has 0 saturated heterocycles. The van der Waals surface area contributed by atoms with Crippen LogP contribution in [0, 0.1) is 18.3 Å². The van der Waals surface area contributed by atoms with Gasteiger partial charge in [0, 0.05) is 23.9 Å². The van der Waals surface area contributed by atoms with Gasteiger partial charge in [-0.25, -0.2) is 9.37 Å². The predicted molar refractivity (Wildman–Crippen MR) is 119 cm³/mol. The number of aryl methyl sites for hydroxylation is 2. The number of hydrogen-bond acceptors (Lipinski definition) is 7. The van der Waals surface area contributed by atoms with Crippen LogP contribution in [0.1, 0.15) is 33.9 Å². The Bertz CT molecular complexity index is 1320. The van der Waals surface area contributed by atoms with Gasteiger partial charge in [0.25, 0.3) is 5.91 Å². The average molecular weight is 450 g/mol. The number of carbonyl (C=O) groups is 1. The molecule has 0 fully saturated rings. The van der Waals surface area contributed by atoms with E-state index >= 15 is 0 Å². The van der Waals surface area contributed by atoms with Gasteiger partial charge < -0.3 is 9.84 Å². The predicted octanol–water partition coefficient (Wildman–Crippen LogP) is 4.17. The molecule has 1 N–H and O–H groups in total. The molecule has 162 valence electrons. The average Bonchev–Trinajstić information content (AvgIpc) is 3.41. The van der Waals surface area contributed by atoms with Crippen molar-refractivity contribution in [2.45, 2.75) is 31.7 Å². The van der Waals surface area contributed by atoms with Crippen molar-refractivity contribution in [2.75, 3.05) is 5.32 Å². The van der Waals surface area contributed by atoms with Crippen LogP contribution in [0.4, 0.5) is 10.1 Å². The molecular weight excluding hydrogens is 431 g/mol. The molecule has 32 heavy (non-hydrogen) atoms. The molecule has 0 radical (unpaired) electrons. The van der Waals surface area contributed by atoms with E-state index in [1.54, 1.807) is 28.8 Å². The zero-order valence-corrected chi connectivity index (χ0v) is 18.0. The van der Waals surface area contributed by atoms with Gasteiger partial charge in [-0.05, 0) is 42.7 Å². The number of benzene rings is 1. The first kappa shape index (κ1) is 21.5. The topological polar surface area (TPSA) is 109 Å². The Morgan fingerprint density at radius 1 is 1.38 bits per heavy atom. The van der Waals surface area contributed by atoms with Gasteiger partial charge >= 0.3 is 0 Å². The fraction of sp³-hybridized carbons (Fsp3) is 0.227. The van der Waals surface area contributed by atoms with Gasteiger partial charge in [-0.15, -0.1) is 12.6 Å². The number of halogens is 1. The van der Waals surface area contributed by atoms with Gasteiger partial charge in [-0.3, -0.25) is 9.20 Å². The lowest BCUT2D eigenvalue weighted by atomic mass is 10.1. The number of aromatic nitrogens is 4. The van der Waals surface area contributed by atoms with Crippen LogP contribution < -0.4 is 5.32 Å². The molecule has 0 unspecified atom stereocenters. The van der Waals surface area contributed by atoms with E-state index in [4.69, 9.17) is 9.78 Å². The van der Waals surface area contributed by atoms with Gasteiger partial charge in [0.1, 0.15) is 16.8 Å². The molecule has 1 aromatic carbocycles. The highest BCUT2D eigenvalue weighted by Gasteiger charge is 2.16. The van der Waals surface area contributed by atoms with E-state index in [0.717, 1.165) is 11.1 Å². The second-order valence-electron chi connectivity index (χ2n) is 7.21. The summed E-state index contributed by atoms with van der Waals surface area (Å²) in [6, 6.07) is 11.1. The van der Waals surface area contributed by atoms with E-state index in [-0.39, 0.29) is 25.2 Å². The van der Waals surface area contributed by atoms with Crippen LogP contribution in [0.5, 0.6) is 0 Å². The fourth-order valence-electron chi connectivity index (χ4n) is 3.19. The summed E-state index contributed by atoms with van der Waals surface area (Å²) in [6.45, 7) is 1.87. The molecule has 8 nitrogen and oxygen atoms in total. The summed E-state index contributed by atoms with van der Waals surface area (Å²) in [5, 5.41) is 15.7. The molecule has 10 heteroatoms. The zero-order chi connectivity index (χ0) is 22.7. The maximum atomic E-state index is 12.9. The summed E-state index contributed by atoms with van der Waals surface area (Å²) in [6.07, 6.45) is 3.96. The number of nitrogens with zero attached hydrogens (tertiary/aromatic N) is 5. The largest absolute Gasteiger partial charge is 0.339 e. The van der Waals surface area contributed by atoms with Crippen LogP contribution in [0.25, 0.3) is 17.0 Å². The highest BCUT2D eigenvalue weighted by Crippen LogP contribution is 2.25. The molecule has 4 aromatic rings. The first-order valence-electron chi connectivity index (χ1n) is 9.84. The second kappa shape index (κ2) is 9.20. The lowest BCUT2D eigenvalue weighted by Crippen LogP contribution is -2.15. The summed E-state index contributed by atoms with van der Waals surface area (Å²) in [4.78, 5) is 21.5. The van der Waals surface area contributed by atoms with Crippen molar-refractivity contribution in [2.24, 2.45) is 0 Å². The summed E-state index contributed by atoms with van der Waals surface area (Å²) >= 11 is 3.71. The van der Waals surface area contributed by atoms with Gasteiger partial charge in [-0.2, -0.15) is 10.2 Å². The molecule has 0 bridgehead atoms. The molecule has 0 spiro atoms. The van der Waals surface area contributed by atoms with Crippen molar-refractivity contribution < 1.29 is 13.7 Å². The highest BCUT2D eigenvalue weighted by atomic mass is 32.1. The maximum absolute atomic E-state index is 12.9. The molecule has 1 atom stereocenters. The number of alkyl halides is 1. The highest BCUT2D eigenvalue weighted by molar-refractivity contribution is 7.80. The third-order valence-electron chi connectivity index (χ3n) is 4.90. The number of nitrogens with one attached hydrogen (secondary N) is 1. The first-order chi connectivity index (χ1) is 15.4. The molecule has 0 aliphatic rings. The van der Waals surface area contributed by atoms with Crippen LogP contribution in [-0.4, -0.2) is 30.9 Å². The Labute approximate surface area is 188 Å². The maximum Gasteiger partial charge on any atom is 0.274 e. The fourth-order valence-corrected chi connectivity index (χ4v) is 3.32. The van der Waals surface area contributed by atoms with Crippen molar-refractivity contribution in [1.82, 2.24) is 19.5 Å². The van der Waals surface area contributed by atoms with E-state index in [0.29, 0.717) is 34.3 Å². The summed E-state index contributed by atoms with van der Waals surface area (Å²) in [5.41, 5.74) is 2.64. The number of imidazole rings is 1. The number of nitriles is 1. The van der Waals surface area contributed by atoms with Gasteiger partial charge in [0.05, 0.1) is 18.7 Å². The molecule has 0 saturated carbocycles. The van der Waals surface area contributed by atoms with Gasteiger partial charge in [0.15, 0.2) is 0 Å². The Morgan fingerprint density at radius 2 is 2.22 bits per heavy atom. The van der Waals surface area contributed by atoms with Gasteiger partial charge in [0.2, 0.25) is 11.7 Å². The normalized spacial score (nSPS) is 11.9. The minimum atomic E-state index is -1.25. The van der Waals surface area contributed by atoms with Crippen LogP contribution in [-0.2, 0) is 12.8 Å². The van der Waals surface area contributed by atoms with Crippen LogP contribution >= 0.6 is 12.6 Å². The molecule has 4 rings (SSSR count). The minimum Gasteiger partial charge on any atom is -0.339 e. The monoisotopic (exact) mass is 450 g/mol. The van der Waals surface area contributed by atoms with E-state index in [1.165, 1.54) is 6.20 Å². The summed E-state index contributed by atoms with van der Waals surface area (Å²) in [5.74, 6) is 0.344. The third-order valence-corrected chi connectivity index (χ3v) is 5.16. The lowest BCUT2D eigenvalue weighted by molar-refractivity contribution is 0.102. The Kier molecular flexibility index (Phi) is 6.18. The number of carbonyl (C=O) groups excluding carboxylic acids is 1. The smallest absolute Gasteiger partial charge is 0.274 e. The molecule has 0 aliphatic carbocycles. The van der Waals surface area contributed by atoms with Crippen molar-refractivity contribution in [3.05, 3.63) is 65.4 Å². The van der Waals surface area contributed by atoms with E-state index in [1.807, 2.05) is 19.1 Å². The SMILES string of the molecule is Cc1ccc(-c2noc(CC[C@H](F)S)n2)cc1NC(=O)c1cnc2cc(CC#N)ccn12. The third kappa shape index (κ3) is 4.63. The standard InChI is InChI=1S/C22H19FN6O2S/c1-13-2-3-15(21-27-20(31-28-21)5-4-18(23)32)11-16(13)26-22(30)17-12-25-19-10-14(6-8-24)7-9-29(17)19/h2-3,7,9-12,18,32H,4-6H2,1H3,(H,26,30)/t18-/m1/s1. The Balaban J connectivity index is 1.55. The van der Waals surface area contributed by atoms with E-state index in [9.17, 15) is 9.18 Å². The van der Waals surface area contributed by atoms with Crippen LogP contribution in [0.15, 0.2) is 47.2 Å². The molecule has 3 aromatic heterocycles. The van der Waals surface area contributed by atoms with Crippen molar-refractivity contribution in [3.63, 3.8) is 0 Å². The Hall–Kier alpha value is -3.71. The minimum absolute atomic E-state index is 0.178. The van der Waals surface area contributed by atoms with Crippen LogP contribution in [0.2, 0.25) is 0 Å². The zero-order valence-electron chi connectivity index (χ0n) is 17.1. The van der Waals surface area contributed by atoms with E-state index < -0.39 is 5.50 Å². The number of thiol groups is 1. The summed E-state index contributed by atoms with van der Waals surface area (Å²) in [7, 11) is 0. The van der Waals surface area contributed by atoms with Gasteiger partial charge in [-0.1, -0.05) is 17.3 Å². The summed E-state index contributed by atoms with van der Waals surface area (Å²) < 4.78 is 19.8. The number of amides is 1. The molecular formula is C22H19FN6O2S. The second-order valence-corrected chi connectivity index (χ2v) is 7.77. The Morgan fingerprint density at radius 3 is 3.00 bits per heavy atom. The number of hydrogen-bond donors (Lipinski definition) is 2. The lowest BCUT2D eigenvalue weighted by Gasteiger charge is -2.09. The number of anilines is 1. The number of fused-ring (bicyclic) bond motifs is 1.